The highest BCUT2D eigenvalue weighted by Crippen LogP contribution is 2.33. The molecular formula is C18H23N3O2. The van der Waals surface area contributed by atoms with E-state index < -0.39 is 0 Å². The number of nitrogens with zero attached hydrogens (tertiary/aromatic N) is 3. The zero-order valence-electron chi connectivity index (χ0n) is 13.7. The van der Waals surface area contributed by atoms with Crippen molar-refractivity contribution in [2.45, 2.75) is 45.7 Å². The number of hydrogen-bond donors (Lipinski definition) is 1. The summed E-state index contributed by atoms with van der Waals surface area (Å²) in [7, 11) is 0. The number of amides is 1. The van der Waals surface area contributed by atoms with Gasteiger partial charge in [0.25, 0.3) is 5.91 Å². The van der Waals surface area contributed by atoms with Crippen LogP contribution in [0.4, 0.5) is 0 Å². The van der Waals surface area contributed by atoms with Crippen molar-refractivity contribution in [2.75, 3.05) is 6.54 Å². The second kappa shape index (κ2) is 6.44. The number of rotatable bonds is 3. The Kier molecular flexibility index (Phi) is 4.37. The fourth-order valence-electron chi connectivity index (χ4n) is 3.31. The molecule has 1 aliphatic rings. The van der Waals surface area contributed by atoms with Gasteiger partial charge in [0.15, 0.2) is 0 Å². The van der Waals surface area contributed by atoms with Crippen molar-refractivity contribution >= 4 is 5.91 Å². The minimum atomic E-state index is -0.113. The first-order valence-electron chi connectivity index (χ1n) is 8.23. The maximum atomic E-state index is 13.0. The summed E-state index contributed by atoms with van der Waals surface area (Å²) >= 11 is 0. The van der Waals surface area contributed by atoms with Crippen LogP contribution in [0.5, 0.6) is 5.75 Å². The lowest BCUT2D eigenvalue weighted by Gasteiger charge is -2.35. The molecule has 1 fully saturated rings. The van der Waals surface area contributed by atoms with Gasteiger partial charge in [-0.1, -0.05) is 6.07 Å². The van der Waals surface area contributed by atoms with E-state index in [0.29, 0.717) is 12.1 Å². The van der Waals surface area contributed by atoms with E-state index in [0.717, 1.165) is 37.2 Å². The molecule has 5 nitrogen and oxygen atoms in total. The number of benzene rings is 1. The first-order chi connectivity index (χ1) is 11.1. The topological polar surface area (TPSA) is 58.4 Å². The second-order valence-electron chi connectivity index (χ2n) is 6.10. The predicted octanol–water partition coefficient (Wildman–Crippen LogP) is 3.28. The molecule has 122 valence electrons. The van der Waals surface area contributed by atoms with E-state index in [2.05, 4.69) is 16.5 Å². The maximum Gasteiger partial charge on any atom is 0.258 e. The van der Waals surface area contributed by atoms with E-state index in [9.17, 15) is 9.90 Å². The molecule has 1 aliphatic heterocycles. The Hall–Kier alpha value is -2.30. The molecule has 0 radical (unpaired) electrons. The normalized spacial score (nSPS) is 18.2. The number of carbonyl (C=O) groups is 1. The van der Waals surface area contributed by atoms with Crippen molar-refractivity contribution in [3.63, 3.8) is 0 Å². The summed E-state index contributed by atoms with van der Waals surface area (Å²) in [5.74, 6) is 0.878. The summed E-state index contributed by atoms with van der Waals surface area (Å²) in [5, 5.41) is 10.1. The molecule has 0 aliphatic carbocycles. The van der Waals surface area contributed by atoms with Crippen molar-refractivity contribution in [2.24, 2.45) is 0 Å². The largest absolute Gasteiger partial charge is 0.507 e. The van der Waals surface area contributed by atoms with Gasteiger partial charge in [0.1, 0.15) is 11.6 Å². The summed E-state index contributed by atoms with van der Waals surface area (Å²) in [6.45, 7) is 5.51. The molecule has 1 aromatic heterocycles. The van der Waals surface area contributed by atoms with Gasteiger partial charge >= 0.3 is 0 Å². The number of likely N-dealkylation sites (tertiary alicyclic amines) is 1. The Morgan fingerprint density at radius 3 is 2.96 bits per heavy atom. The van der Waals surface area contributed by atoms with Crippen LogP contribution in [0, 0.1) is 6.92 Å². The van der Waals surface area contributed by atoms with Crippen LogP contribution in [-0.4, -0.2) is 32.0 Å². The Bertz CT molecular complexity index is 708. The van der Waals surface area contributed by atoms with E-state index in [1.165, 1.54) is 0 Å². The highest BCUT2D eigenvalue weighted by Gasteiger charge is 2.32. The molecule has 1 atom stereocenters. The zero-order chi connectivity index (χ0) is 16.4. The van der Waals surface area contributed by atoms with Crippen LogP contribution in [0.25, 0.3) is 0 Å². The molecule has 1 amide bonds. The molecule has 1 saturated heterocycles. The zero-order valence-corrected chi connectivity index (χ0v) is 13.7. The van der Waals surface area contributed by atoms with Gasteiger partial charge in [0.05, 0.1) is 11.6 Å². The molecule has 0 bridgehead atoms. The lowest BCUT2D eigenvalue weighted by molar-refractivity contribution is 0.0592. The van der Waals surface area contributed by atoms with Crippen LogP contribution in [0.15, 0.2) is 30.6 Å². The summed E-state index contributed by atoms with van der Waals surface area (Å²) in [5.41, 5.74) is 1.31. The van der Waals surface area contributed by atoms with Gasteiger partial charge in [0, 0.05) is 25.5 Å². The Morgan fingerprint density at radius 1 is 1.39 bits per heavy atom. The first kappa shape index (κ1) is 15.6. The van der Waals surface area contributed by atoms with Gasteiger partial charge in [-0.25, -0.2) is 4.98 Å². The predicted molar refractivity (Wildman–Crippen MR) is 88.4 cm³/mol. The third kappa shape index (κ3) is 2.96. The first-order valence-corrected chi connectivity index (χ1v) is 8.23. The van der Waals surface area contributed by atoms with Crippen molar-refractivity contribution in [3.05, 3.63) is 47.5 Å². The van der Waals surface area contributed by atoms with Gasteiger partial charge < -0.3 is 14.6 Å². The van der Waals surface area contributed by atoms with E-state index in [1.54, 1.807) is 18.3 Å². The number of phenolic OH excluding ortho intramolecular Hbond substituents is 1. The van der Waals surface area contributed by atoms with Crippen LogP contribution in [0.1, 0.15) is 54.0 Å². The van der Waals surface area contributed by atoms with E-state index >= 15 is 0 Å². The molecule has 23 heavy (non-hydrogen) atoms. The molecular weight excluding hydrogens is 290 g/mol. The van der Waals surface area contributed by atoms with Crippen molar-refractivity contribution in [1.29, 1.82) is 0 Å². The van der Waals surface area contributed by atoms with Gasteiger partial charge in [-0.05, 0) is 50.8 Å². The number of piperidine rings is 1. The van der Waals surface area contributed by atoms with E-state index in [1.807, 2.05) is 24.1 Å². The third-order valence-electron chi connectivity index (χ3n) is 4.53. The van der Waals surface area contributed by atoms with E-state index in [-0.39, 0.29) is 17.7 Å². The fraction of sp³-hybridized carbons (Fsp3) is 0.444. The number of aromatic nitrogens is 2. The third-order valence-corrected chi connectivity index (χ3v) is 4.53. The van der Waals surface area contributed by atoms with Gasteiger partial charge in [-0.3, -0.25) is 4.79 Å². The molecule has 3 rings (SSSR count). The van der Waals surface area contributed by atoms with Crippen LogP contribution in [-0.2, 0) is 6.54 Å². The lowest BCUT2D eigenvalue weighted by Crippen LogP contribution is -2.39. The van der Waals surface area contributed by atoms with Crippen LogP contribution in [0.3, 0.4) is 0 Å². The van der Waals surface area contributed by atoms with Crippen LogP contribution >= 0.6 is 0 Å². The number of imidazole rings is 1. The molecule has 1 N–H and O–H groups in total. The quantitative estimate of drug-likeness (QED) is 0.946. The van der Waals surface area contributed by atoms with Crippen molar-refractivity contribution < 1.29 is 9.90 Å². The maximum absolute atomic E-state index is 13.0. The average molecular weight is 313 g/mol. The SMILES string of the molecule is CCn1ccnc1C1CCCCN1C(=O)c1ccc(C)cc1O. The van der Waals surface area contributed by atoms with Crippen molar-refractivity contribution in [3.8, 4) is 5.75 Å². The summed E-state index contributed by atoms with van der Waals surface area (Å²) in [4.78, 5) is 19.3. The minimum absolute atomic E-state index is 0.0214. The fourth-order valence-corrected chi connectivity index (χ4v) is 3.31. The van der Waals surface area contributed by atoms with E-state index in [4.69, 9.17) is 0 Å². The Balaban J connectivity index is 1.93. The van der Waals surface area contributed by atoms with Gasteiger partial charge in [-0.15, -0.1) is 0 Å². The number of aromatic hydroxyl groups is 1. The molecule has 0 saturated carbocycles. The molecule has 2 heterocycles. The summed E-state index contributed by atoms with van der Waals surface area (Å²) < 4.78 is 2.09. The average Bonchev–Trinajstić information content (AvgIpc) is 3.03. The molecule has 0 spiro atoms. The van der Waals surface area contributed by atoms with Crippen LogP contribution in [0.2, 0.25) is 0 Å². The monoisotopic (exact) mass is 313 g/mol. The van der Waals surface area contributed by atoms with Gasteiger partial charge in [-0.2, -0.15) is 0 Å². The number of aryl methyl sites for hydroxylation is 2. The smallest absolute Gasteiger partial charge is 0.258 e. The van der Waals surface area contributed by atoms with Gasteiger partial charge in [0.2, 0.25) is 0 Å². The number of carbonyl (C=O) groups excluding carboxylic acids is 1. The highest BCUT2D eigenvalue weighted by molar-refractivity contribution is 5.97. The summed E-state index contributed by atoms with van der Waals surface area (Å²) in [6, 6.07) is 5.19. The Labute approximate surface area is 136 Å². The lowest BCUT2D eigenvalue weighted by atomic mass is 9.99. The second-order valence-corrected chi connectivity index (χ2v) is 6.10. The minimum Gasteiger partial charge on any atom is -0.507 e. The molecule has 1 aromatic carbocycles. The Morgan fingerprint density at radius 2 is 2.22 bits per heavy atom. The molecule has 2 aromatic rings. The standard InChI is InChI=1S/C18H23N3O2/c1-3-20-11-9-19-17(20)15-6-4-5-10-21(15)18(23)14-8-7-13(2)12-16(14)22/h7-9,11-12,15,22H,3-6,10H2,1-2H3. The summed E-state index contributed by atoms with van der Waals surface area (Å²) in [6.07, 6.45) is 6.73. The number of phenols is 1. The van der Waals surface area contributed by atoms with Crippen molar-refractivity contribution in [1.82, 2.24) is 14.5 Å². The molecule has 1 unspecified atom stereocenters. The van der Waals surface area contributed by atoms with Crippen LogP contribution < -0.4 is 0 Å². The number of hydrogen-bond acceptors (Lipinski definition) is 3. The highest BCUT2D eigenvalue weighted by atomic mass is 16.3. The molecule has 5 heteroatoms.